The molecular formula is C28H30F3N7O4S2. The van der Waals surface area contributed by atoms with Gasteiger partial charge in [0.2, 0.25) is 5.95 Å². The second-order valence-corrected chi connectivity index (χ2v) is 14.7. The minimum Gasteiger partial charge on any atom is -0.377 e. The molecule has 44 heavy (non-hydrogen) atoms. The van der Waals surface area contributed by atoms with E-state index in [0.717, 1.165) is 50.1 Å². The lowest BCUT2D eigenvalue weighted by Gasteiger charge is -2.36. The third-order valence-corrected chi connectivity index (χ3v) is 11.3. The molecule has 1 atom stereocenters. The van der Waals surface area contributed by atoms with Crippen LogP contribution in [0.25, 0.3) is 10.6 Å². The maximum absolute atomic E-state index is 14.2. The molecule has 1 aliphatic carbocycles. The Morgan fingerprint density at radius 1 is 1.16 bits per heavy atom. The van der Waals surface area contributed by atoms with Gasteiger partial charge in [-0.15, -0.1) is 11.3 Å². The zero-order chi connectivity index (χ0) is 30.8. The number of nitrogens with zero attached hydrogens (tertiary/aromatic N) is 5. The lowest BCUT2D eigenvalue weighted by molar-refractivity contribution is -0.137. The van der Waals surface area contributed by atoms with E-state index in [1.54, 1.807) is 0 Å². The highest BCUT2D eigenvalue weighted by Gasteiger charge is 2.41. The lowest BCUT2D eigenvalue weighted by atomic mass is 10.2. The van der Waals surface area contributed by atoms with Gasteiger partial charge in [0.15, 0.2) is 9.84 Å². The van der Waals surface area contributed by atoms with E-state index in [-0.39, 0.29) is 58.1 Å². The molecular weight excluding hydrogens is 619 g/mol. The lowest BCUT2D eigenvalue weighted by Crippen LogP contribution is -2.52. The van der Waals surface area contributed by atoms with Gasteiger partial charge in [-0.1, -0.05) is 0 Å². The summed E-state index contributed by atoms with van der Waals surface area (Å²) in [6.07, 6.45) is -2.23. The molecule has 2 saturated heterocycles. The SMILES string of the molecule is C[C@@H]1CN(c2ccc(Nc3ncc(C(F)(F)F)c(-c4cc5c(s4)C(=O)N(C4COC4)CCS5(=O)=O)n3)c(C3CC3)n2)CCN1. The number of pyridine rings is 1. The molecule has 1 saturated carbocycles. The number of hydrogen-bond acceptors (Lipinski definition) is 11. The van der Waals surface area contributed by atoms with E-state index in [2.05, 4.69) is 32.4 Å². The number of piperazine rings is 1. The molecule has 0 spiro atoms. The van der Waals surface area contributed by atoms with Crippen molar-refractivity contribution >= 4 is 44.5 Å². The number of sulfone groups is 1. The van der Waals surface area contributed by atoms with Crippen LogP contribution in [0.1, 0.15) is 46.6 Å². The number of rotatable bonds is 6. The van der Waals surface area contributed by atoms with E-state index in [4.69, 9.17) is 9.72 Å². The summed E-state index contributed by atoms with van der Waals surface area (Å²) in [5, 5.41) is 6.48. The van der Waals surface area contributed by atoms with E-state index in [1.807, 2.05) is 12.1 Å². The molecule has 6 heterocycles. The van der Waals surface area contributed by atoms with E-state index in [0.29, 0.717) is 29.3 Å². The Labute approximate surface area is 255 Å². The molecule has 3 aromatic rings. The first-order valence-electron chi connectivity index (χ1n) is 14.4. The number of nitrogens with one attached hydrogen (secondary N) is 2. The fraction of sp³-hybridized carbons (Fsp3) is 0.500. The van der Waals surface area contributed by atoms with Gasteiger partial charge in [-0.05, 0) is 38.0 Å². The minimum atomic E-state index is -4.82. The number of aromatic nitrogens is 3. The zero-order valence-corrected chi connectivity index (χ0v) is 25.4. The first kappa shape index (κ1) is 29.4. The highest BCUT2D eigenvalue weighted by atomic mass is 32.2. The molecule has 2 N–H and O–H groups in total. The van der Waals surface area contributed by atoms with Gasteiger partial charge >= 0.3 is 6.18 Å². The van der Waals surface area contributed by atoms with Crippen molar-refractivity contribution in [1.82, 2.24) is 25.2 Å². The Morgan fingerprint density at radius 3 is 2.64 bits per heavy atom. The predicted octanol–water partition coefficient (Wildman–Crippen LogP) is 3.67. The van der Waals surface area contributed by atoms with Crippen molar-refractivity contribution in [3.05, 3.63) is 40.5 Å². The highest BCUT2D eigenvalue weighted by Crippen LogP contribution is 2.45. The minimum absolute atomic E-state index is 0.00880. The fourth-order valence-electron chi connectivity index (χ4n) is 5.70. The van der Waals surface area contributed by atoms with Gasteiger partial charge in [0.05, 0.1) is 51.9 Å². The van der Waals surface area contributed by atoms with Crippen LogP contribution in [0.15, 0.2) is 29.3 Å². The number of alkyl halides is 3. The van der Waals surface area contributed by atoms with Gasteiger partial charge in [-0.25, -0.2) is 23.4 Å². The van der Waals surface area contributed by atoms with Crippen molar-refractivity contribution < 1.29 is 31.1 Å². The number of hydrogen-bond donors (Lipinski definition) is 2. The van der Waals surface area contributed by atoms with Crippen molar-refractivity contribution in [3.63, 3.8) is 0 Å². The van der Waals surface area contributed by atoms with Gasteiger partial charge in [0.1, 0.15) is 16.3 Å². The molecule has 0 radical (unpaired) electrons. The van der Waals surface area contributed by atoms with Crippen LogP contribution in [-0.2, 0) is 20.8 Å². The van der Waals surface area contributed by atoms with E-state index in [1.165, 1.54) is 4.90 Å². The maximum atomic E-state index is 14.2. The van der Waals surface area contributed by atoms with Crippen LogP contribution in [0.4, 0.5) is 30.6 Å². The number of thiophene rings is 1. The van der Waals surface area contributed by atoms with Crippen LogP contribution >= 0.6 is 11.3 Å². The standard InChI is InChI=1S/C28H30F3N7O4S2/c1-15-12-37(7-6-32-15)22-5-4-19(23(35-22)16-2-3-16)34-27-33-11-18(28(29,30)31)24(36-27)20-10-21-25(43-20)26(39)38(17-13-42-14-17)8-9-44(21,40)41/h4-5,10-11,15-17,32H,2-3,6-9,12-14H2,1H3,(H,33,34,36)/t15-/m1/s1. The van der Waals surface area contributed by atoms with Gasteiger partial charge in [-0.3, -0.25) is 4.79 Å². The van der Waals surface area contributed by atoms with Crippen molar-refractivity contribution in [3.8, 4) is 10.6 Å². The van der Waals surface area contributed by atoms with Crippen LogP contribution in [0.2, 0.25) is 0 Å². The van der Waals surface area contributed by atoms with E-state index < -0.39 is 33.2 Å². The molecule has 1 amide bonds. The Morgan fingerprint density at radius 2 is 1.95 bits per heavy atom. The van der Waals surface area contributed by atoms with Gasteiger partial charge < -0.3 is 25.2 Å². The molecule has 3 aliphatic heterocycles. The van der Waals surface area contributed by atoms with Crippen molar-refractivity contribution in [2.45, 2.75) is 48.8 Å². The molecule has 11 nitrogen and oxygen atoms in total. The summed E-state index contributed by atoms with van der Waals surface area (Å²) < 4.78 is 74.0. The normalized spacial score (nSPS) is 22.4. The quantitative estimate of drug-likeness (QED) is 0.408. The van der Waals surface area contributed by atoms with Crippen molar-refractivity contribution in [2.75, 3.05) is 55.4 Å². The summed E-state index contributed by atoms with van der Waals surface area (Å²) in [6.45, 7) is 5.14. The first-order chi connectivity index (χ1) is 21.0. The summed E-state index contributed by atoms with van der Waals surface area (Å²) in [5.74, 6) is 0.103. The molecule has 7 rings (SSSR count). The molecule has 0 bridgehead atoms. The number of carbonyl (C=O) groups is 1. The van der Waals surface area contributed by atoms with Crippen LogP contribution in [0.5, 0.6) is 0 Å². The summed E-state index contributed by atoms with van der Waals surface area (Å²) in [7, 11) is -3.93. The Bertz CT molecular complexity index is 1720. The third kappa shape index (κ3) is 5.52. The number of anilines is 3. The van der Waals surface area contributed by atoms with Crippen molar-refractivity contribution in [2.24, 2.45) is 0 Å². The van der Waals surface area contributed by atoms with E-state index >= 15 is 0 Å². The molecule has 3 aromatic heterocycles. The predicted molar refractivity (Wildman–Crippen MR) is 157 cm³/mol. The average molecular weight is 650 g/mol. The number of carbonyl (C=O) groups excluding carboxylic acids is 1. The number of amides is 1. The van der Waals surface area contributed by atoms with Crippen LogP contribution in [-0.4, -0.2) is 91.4 Å². The van der Waals surface area contributed by atoms with Gasteiger partial charge in [0, 0.05) is 44.3 Å². The monoisotopic (exact) mass is 649 g/mol. The van der Waals surface area contributed by atoms with Crippen molar-refractivity contribution in [1.29, 1.82) is 0 Å². The van der Waals surface area contributed by atoms with Crippen LogP contribution in [0, 0.1) is 0 Å². The van der Waals surface area contributed by atoms with Crippen LogP contribution < -0.4 is 15.5 Å². The number of fused-ring (bicyclic) bond motifs is 1. The summed E-state index contributed by atoms with van der Waals surface area (Å²) in [4.78, 5) is 29.7. The van der Waals surface area contributed by atoms with Crippen LogP contribution in [0.3, 0.4) is 0 Å². The molecule has 3 fully saturated rings. The molecule has 234 valence electrons. The topological polar surface area (TPSA) is 130 Å². The summed E-state index contributed by atoms with van der Waals surface area (Å²) >= 11 is 0.697. The summed E-state index contributed by atoms with van der Waals surface area (Å²) in [6, 6.07) is 4.91. The Kier molecular flexibility index (Phi) is 7.29. The second-order valence-electron chi connectivity index (χ2n) is 11.6. The van der Waals surface area contributed by atoms with Gasteiger partial charge in [0.25, 0.3) is 5.91 Å². The molecule has 0 unspecified atom stereocenters. The average Bonchev–Trinajstić information content (AvgIpc) is 3.71. The second kappa shape index (κ2) is 10.9. The number of ether oxygens (including phenoxy) is 1. The smallest absolute Gasteiger partial charge is 0.377 e. The molecule has 0 aromatic carbocycles. The molecule has 16 heteroatoms. The summed E-state index contributed by atoms with van der Waals surface area (Å²) in [5.41, 5.74) is -0.222. The number of halogens is 3. The zero-order valence-electron chi connectivity index (χ0n) is 23.7. The Hall–Kier alpha value is -3.34. The van der Waals surface area contributed by atoms with Gasteiger partial charge in [-0.2, -0.15) is 13.2 Å². The molecule has 4 aliphatic rings. The van der Waals surface area contributed by atoms with E-state index in [9.17, 15) is 26.4 Å². The highest BCUT2D eigenvalue weighted by molar-refractivity contribution is 7.91. The maximum Gasteiger partial charge on any atom is 0.420 e. The first-order valence-corrected chi connectivity index (χ1v) is 16.9. The fourth-order valence-corrected chi connectivity index (χ4v) is 8.61. The Balaban J connectivity index is 1.25. The largest absolute Gasteiger partial charge is 0.420 e. The third-order valence-electron chi connectivity index (χ3n) is 8.29.